The van der Waals surface area contributed by atoms with Crippen molar-refractivity contribution in [2.45, 2.75) is 0 Å². The molecule has 2 aromatic carbocycles. The van der Waals surface area contributed by atoms with Crippen LogP contribution >= 0.6 is 15.9 Å². The number of allylic oxidation sites excluding steroid dienone is 1. The first-order valence-corrected chi connectivity index (χ1v) is 6.18. The molecule has 0 radical (unpaired) electrons. The molecule has 0 aromatic heterocycles. The fraction of sp³-hybridized carbons (Fsp3) is 0. The molecule has 0 amide bonds. The first-order valence-electron chi connectivity index (χ1n) is 5.39. The average Bonchev–Trinajstić information content (AvgIpc) is 2.40. The van der Waals surface area contributed by atoms with Crippen LogP contribution in [0.2, 0.25) is 0 Å². The van der Waals surface area contributed by atoms with Crippen molar-refractivity contribution in [1.29, 1.82) is 0 Å². The fourth-order valence-electron chi connectivity index (χ4n) is 1.50. The van der Waals surface area contributed by atoms with E-state index in [9.17, 15) is 9.18 Å². The highest BCUT2D eigenvalue weighted by molar-refractivity contribution is 9.12. The maximum Gasteiger partial charge on any atom is 0.199 e. The number of rotatable bonds is 3. The van der Waals surface area contributed by atoms with Crippen LogP contribution < -0.4 is 0 Å². The SMILES string of the molecule is O=C(/C(Br)=C/c1ccccc1)c1ccc(F)cc1. The second-order valence-electron chi connectivity index (χ2n) is 3.74. The number of hydrogen-bond acceptors (Lipinski definition) is 1. The first-order chi connectivity index (χ1) is 8.66. The molecule has 18 heavy (non-hydrogen) atoms. The molecule has 2 aromatic rings. The highest BCUT2D eigenvalue weighted by Crippen LogP contribution is 2.18. The molecule has 0 saturated heterocycles. The van der Waals surface area contributed by atoms with Gasteiger partial charge in [0.05, 0.1) is 4.48 Å². The summed E-state index contributed by atoms with van der Waals surface area (Å²) in [6.45, 7) is 0. The molecule has 0 aliphatic heterocycles. The van der Waals surface area contributed by atoms with Crippen LogP contribution in [0.3, 0.4) is 0 Å². The van der Waals surface area contributed by atoms with E-state index in [0.717, 1.165) is 5.56 Å². The number of hydrogen-bond donors (Lipinski definition) is 0. The zero-order valence-corrected chi connectivity index (χ0v) is 11.0. The Morgan fingerprint density at radius 1 is 1.00 bits per heavy atom. The summed E-state index contributed by atoms with van der Waals surface area (Å²) in [6.07, 6.45) is 1.74. The molecule has 0 bridgehead atoms. The van der Waals surface area contributed by atoms with E-state index in [1.807, 2.05) is 30.3 Å². The monoisotopic (exact) mass is 304 g/mol. The zero-order chi connectivity index (χ0) is 13.0. The van der Waals surface area contributed by atoms with Crippen molar-refractivity contribution < 1.29 is 9.18 Å². The average molecular weight is 305 g/mol. The molecule has 0 fully saturated rings. The molecular weight excluding hydrogens is 295 g/mol. The van der Waals surface area contributed by atoms with Crippen LogP contribution in [0, 0.1) is 5.82 Å². The van der Waals surface area contributed by atoms with Gasteiger partial charge in [-0.15, -0.1) is 0 Å². The number of carbonyl (C=O) groups is 1. The Balaban J connectivity index is 2.24. The Morgan fingerprint density at radius 2 is 1.61 bits per heavy atom. The van der Waals surface area contributed by atoms with Crippen LogP contribution in [-0.2, 0) is 0 Å². The van der Waals surface area contributed by atoms with E-state index in [1.54, 1.807) is 6.08 Å². The summed E-state index contributed by atoms with van der Waals surface area (Å²) in [6, 6.07) is 15.0. The standard InChI is InChI=1S/C15H10BrFO/c16-14(10-11-4-2-1-3-5-11)15(18)12-6-8-13(17)9-7-12/h1-10H/b14-10-. The molecular formula is C15H10BrFO. The molecule has 0 N–H and O–H groups in total. The summed E-state index contributed by atoms with van der Waals surface area (Å²) >= 11 is 3.25. The van der Waals surface area contributed by atoms with Crippen molar-refractivity contribution in [3.8, 4) is 0 Å². The van der Waals surface area contributed by atoms with Crippen LogP contribution in [0.4, 0.5) is 4.39 Å². The van der Waals surface area contributed by atoms with Gasteiger partial charge >= 0.3 is 0 Å². The van der Waals surface area contributed by atoms with Gasteiger partial charge in [0.1, 0.15) is 5.82 Å². The maximum absolute atomic E-state index is 12.8. The molecule has 0 unspecified atom stereocenters. The van der Waals surface area contributed by atoms with E-state index >= 15 is 0 Å². The summed E-state index contributed by atoms with van der Waals surface area (Å²) in [7, 11) is 0. The Hall–Kier alpha value is -1.74. The number of Topliss-reactive ketones (excluding diaryl/α,β-unsaturated/α-hetero) is 1. The minimum Gasteiger partial charge on any atom is -0.288 e. The Kier molecular flexibility index (Phi) is 4.05. The molecule has 90 valence electrons. The number of halogens is 2. The van der Waals surface area contributed by atoms with E-state index in [2.05, 4.69) is 15.9 Å². The topological polar surface area (TPSA) is 17.1 Å². The Labute approximate surface area is 113 Å². The van der Waals surface area contributed by atoms with E-state index in [0.29, 0.717) is 10.0 Å². The van der Waals surface area contributed by atoms with Gasteiger partial charge in [-0.2, -0.15) is 0 Å². The lowest BCUT2D eigenvalue weighted by Crippen LogP contribution is -1.98. The minimum absolute atomic E-state index is 0.168. The lowest BCUT2D eigenvalue weighted by Gasteiger charge is -2.00. The lowest BCUT2D eigenvalue weighted by atomic mass is 10.1. The van der Waals surface area contributed by atoms with E-state index in [-0.39, 0.29) is 11.6 Å². The van der Waals surface area contributed by atoms with Crippen molar-refractivity contribution in [2.75, 3.05) is 0 Å². The van der Waals surface area contributed by atoms with E-state index < -0.39 is 0 Å². The highest BCUT2D eigenvalue weighted by atomic mass is 79.9. The van der Waals surface area contributed by atoms with Gasteiger partial charge in [-0.05, 0) is 51.8 Å². The number of carbonyl (C=O) groups excluding carboxylic acids is 1. The van der Waals surface area contributed by atoms with Crippen LogP contribution in [0.5, 0.6) is 0 Å². The second kappa shape index (κ2) is 5.74. The number of benzene rings is 2. The normalized spacial score (nSPS) is 11.3. The third-order valence-corrected chi connectivity index (χ3v) is 3.01. The molecule has 3 heteroatoms. The van der Waals surface area contributed by atoms with Crippen molar-refractivity contribution >= 4 is 27.8 Å². The quantitative estimate of drug-likeness (QED) is 0.605. The van der Waals surface area contributed by atoms with Gasteiger partial charge in [-0.3, -0.25) is 4.79 Å². The summed E-state index contributed by atoms with van der Waals surface area (Å²) < 4.78 is 13.2. The second-order valence-corrected chi connectivity index (χ2v) is 4.59. The largest absolute Gasteiger partial charge is 0.288 e. The minimum atomic E-state index is -0.352. The van der Waals surface area contributed by atoms with Crippen molar-refractivity contribution in [3.63, 3.8) is 0 Å². The Morgan fingerprint density at radius 3 is 2.22 bits per heavy atom. The molecule has 1 nitrogen and oxygen atoms in total. The van der Waals surface area contributed by atoms with Gasteiger partial charge in [0, 0.05) is 5.56 Å². The fourth-order valence-corrected chi connectivity index (χ4v) is 1.99. The van der Waals surface area contributed by atoms with Gasteiger partial charge in [0.15, 0.2) is 5.78 Å². The molecule has 0 aliphatic rings. The summed E-state index contributed by atoms with van der Waals surface area (Å²) in [5.41, 5.74) is 1.38. The van der Waals surface area contributed by atoms with Crippen molar-refractivity contribution in [2.24, 2.45) is 0 Å². The van der Waals surface area contributed by atoms with Gasteiger partial charge < -0.3 is 0 Å². The van der Waals surface area contributed by atoms with Gasteiger partial charge in [0.2, 0.25) is 0 Å². The third kappa shape index (κ3) is 3.14. The predicted molar refractivity (Wildman–Crippen MR) is 74.1 cm³/mol. The van der Waals surface area contributed by atoms with Crippen LogP contribution in [0.15, 0.2) is 59.1 Å². The molecule has 0 saturated carbocycles. The zero-order valence-electron chi connectivity index (χ0n) is 9.44. The van der Waals surface area contributed by atoms with Crippen LogP contribution in [0.1, 0.15) is 15.9 Å². The summed E-state index contributed by atoms with van der Waals surface area (Å²) in [5.74, 6) is -0.520. The van der Waals surface area contributed by atoms with Crippen LogP contribution in [0.25, 0.3) is 6.08 Å². The first kappa shape index (κ1) is 12.7. The summed E-state index contributed by atoms with van der Waals surface area (Å²) in [5, 5.41) is 0. The summed E-state index contributed by atoms with van der Waals surface area (Å²) in [4.78, 5) is 12.0. The molecule has 0 atom stereocenters. The molecule has 0 spiro atoms. The van der Waals surface area contributed by atoms with Gasteiger partial charge in [-0.25, -0.2) is 4.39 Å². The van der Waals surface area contributed by atoms with E-state index in [1.165, 1.54) is 24.3 Å². The third-order valence-electron chi connectivity index (χ3n) is 2.42. The molecule has 0 aliphatic carbocycles. The lowest BCUT2D eigenvalue weighted by molar-refractivity contribution is 0.104. The van der Waals surface area contributed by atoms with Crippen LogP contribution in [-0.4, -0.2) is 5.78 Å². The van der Waals surface area contributed by atoms with Crippen molar-refractivity contribution in [1.82, 2.24) is 0 Å². The molecule has 2 rings (SSSR count). The van der Waals surface area contributed by atoms with Crippen molar-refractivity contribution in [3.05, 3.63) is 76.0 Å². The molecule has 0 heterocycles. The Bertz CT molecular complexity index is 573. The maximum atomic E-state index is 12.8. The number of ketones is 1. The van der Waals surface area contributed by atoms with Gasteiger partial charge in [-0.1, -0.05) is 30.3 Å². The highest BCUT2D eigenvalue weighted by Gasteiger charge is 2.09. The smallest absolute Gasteiger partial charge is 0.199 e. The van der Waals surface area contributed by atoms with E-state index in [4.69, 9.17) is 0 Å². The van der Waals surface area contributed by atoms with Gasteiger partial charge in [0.25, 0.3) is 0 Å². The predicted octanol–water partition coefficient (Wildman–Crippen LogP) is 4.44.